The van der Waals surface area contributed by atoms with E-state index in [4.69, 9.17) is 4.52 Å². The number of hydrogen-bond donors (Lipinski definition) is 0. The summed E-state index contributed by atoms with van der Waals surface area (Å²) in [6, 6.07) is 8.00. The largest absolute Gasteiger partial charge is 0.355 e. The molecule has 0 aromatic carbocycles. The summed E-state index contributed by atoms with van der Waals surface area (Å²) in [5, 5.41) is 6.06. The Morgan fingerprint density at radius 1 is 1.12 bits per heavy atom. The molecule has 0 unspecified atom stereocenters. The van der Waals surface area contributed by atoms with E-state index in [9.17, 15) is 0 Å². The van der Waals surface area contributed by atoms with Gasteiger partial charge in [-0.05, 0) is 43.6 Å². The van der Waals surface area contributed by atoms with E-state index in [0.717, 1.165) is 48.9 Å². The predicted molar refractivity (Wildman–Crippen MR) is 95.2 cm³/mol. The fourth-order valence-electron chi connectivity index (χ4n) is 2.82. The summed E-state index contributed by atoms with van der Waals surface area (Å²) in [4.78, 5) is 14.7. The Hall–Kier alpha value is -2.25. The van der Waals surface area contributed by atoms with Gasteiger partial charge in [0.1, 0.15) is 5.82 Å². The molecule has 1 aliphatic heterocycles. The van der Waals surface area contributed by atoms with E-state index in [2.05, 4.69) is 32.0 Å². The van der Waals surface area contributed by atoms with Gasteiger partial charge in [-0.25, -0.2) is 4.98 Å². The second kappa shape index (κ2) is 6.70. The summed E-state index contributed by atoms with van der Waals surface area (Å²) in [5.74, 6) is 2.14. The molecule has 0 amide bonds. The van der Waals surface area contributed by atoms with Crippen LogP contribution in [-0.4, -0.2) is 53.3 Å². The van der Waals surface area contributed by atoms with Crippen LogP contribution in [0.25, 0.3) is 22.2 Å². The van der Waals surface area contributed by atoms with E-state index in [-0.39, 0.29) is 0 Å². The van der Waals surface area contributed by atoms with Crippen molar-refractivity contribution in [2.45, 2.75) is 6.42 Å². The fraction of sp³-hybridized carbons (Fsp3) is 0.353. The highest BCUT2D eigenvalue weighted by Gasteiger charge is 2.15. The van der Waals surface area contributed by atoms with Crippen LogP contribution in [0.15, 0.2) is 40.4 Å². The van der Waals surface area contributed by atoms with Crippen LogP contribution in [0.4, 0.5) is 5.82 Å². The lowest BCUT2D eigenvalue weighted by Gasteiger charge is -2.21. The zero-order valence-electron chi connectivity index (χ0n) is 13.6. The van der Waals surface area contributed by atoms with Crippen molar-refractivity contribution in [2.24, 2.45) is 0 Å². The van der Waals surface area contributed by atoms with Crippen LogP contribution in [-0.2, 0) is 0 Å². The number of aromatic nitrogens is 3. The maximum Gasteiger partial charge on any atom is 0.268 e. The Balaban J connectivity index is 1.51. The SMILES string of the molecule is CN1CCCN(c2ccc(-c3noc(-c4cccs4)n3)cn2)CC1. The molecule has 0 aliphatic carbocycles. The molecule has 0 spiro atoms. The molecule has 124 valence electrons. The molecule has 0 radical (unpaired) electrons. The van der Waals surface area contributed by atoms with Crippen molar-refractivity contribution in [1.29, 1.82) is 0 Å². The molecule has 0 saturated carbocycles. The van der Waals surface area contributed by atoms with Crippen molar-refractivity contribution >= 4 is 17.2 Å². The Morgan fingerprint density at radius 2 is 2.08 bits per heavy atom. The van der Waals surface area contributed by atoms with Crippen molar-refractivity contribution in [3.8, 4) is 22.2 Å². The summed E-state index contributed by atoms with van der Waals surface area (Å²) >= 11 is 1.59. The van der Waals surface area contributed by atoms with Crippen LogP contribution < -0.4 is 4.90 Å². The van der Waals surface area contributed by atoms with Crippen molar-refractivity contribution in [1.82, 2.24) is 20.0 Å². The minimum absolute atomic E-state index is 0.555. The lowest BCUT2D eigenvalue weighted by Crippen LogP contribution is -2.29. The Morgan fingerprint density at radius 3 is 2.88 bits per heavy atom. The fourth-order valence-corrected chi connectivity index (χ4v) is 3.47. The summed E-state index contributed by atoms with van der Waals surface area (Å²) in [6.45, 7) is 4.26. The van der Waals surface area contributed by atoms with Crippen molar-refractivity contribution in [3.05, 3.63) is 35.8 Å². The van der Waals surface area contributed by atoms with Crippen LogP contribution in [0, 0.1) is 0 Å². The minimum atomic E-state index is 0.555. The monoisotopic (exact) mass is 341 g/mol. The average Bonchev–Trinajstić information content (AvgIpc) is 3.25. The van der Waals surface area contributed by atoms with Crippen molar-refractivity contribution in [2.75, 3.05) is 38.1 Å². The first-order valence-electron chi connectivity index (χ1n) is 8.07. The third-order valence-electron chi connectivity index (χ3n) is 4.21. The Bertz CT molecular complexity index is 784. The molecule has 1 aliphatic rings. The highest BCUT2D eigenvalue weighted by atomic mass is 32.1. The van der Waals surface area contributed by atoms with Crippen LogP contribution in [0.5, 0.6) is 0 Å². The van der Waals surface area contributed by atoms with Gasteiger partial charge in [-0.3, -0.25) is 0 Å². The summed E-state index contributed by atoms with van der Waals surface area (Å²) in [5.41, 5.74) is 0.872. The Kier molecular flexibility index (Phi) is 4.27. The van der Waals surface area contributed by atoms with Gasteiger partial charge < -0.3 is 14.3 Å². The zero-order valence-corrected chi connectivity index (χ0v) is 14.4. The summed E-state index contributed by atoms with van der Waals surface area (Å²) in [6.07, 6.45) is 2.99. The normalized spacial score (nSPS) is 16.3. The average molecular weight is 341 g/mol. The Labute approximate surface area is 144 Å². The van der Waals surface area contributed by atoms with Crippen molar-refractivity contribution < 1.29 is 4.52 Å². The maximum atomic E-state index is 5.34. The van der Waals surface area contributed by atoms with Gasteiger partial charge in [0, 0.05) is 31.4 Å². The molecule has 4 heterocycles. The lowest BCUT2D eigenvalue weighted by atomic mass is 10.2. The van der Waals surface area contributed by atoms with Crippen LogP contribution in [0.2, 0.25) is 0 Å². The van der Waals surface area contributed by atoms with Gasteiger partial charge in [-0.2, -0.15) is 4.98 Å². The van der Waals surface area contributed by atoms with E-state index in [1.54, 1.807) is 11.3 Å². The quantitative estimate of drug-likeness (QED) is 0.730. The second-order valence-corrected chi connectivity index (χ2v) is 6.90. The molecule has 3 aromatic heterocycles. The van der Waals surface area contributed by atoms with E-state index >= 15 is 0 Å². The van der Waals surface area contributed by atoms with Gasteiger partial charge >= 0.3 is 0 Å². The first kappa shape index (κ1) is 15.3. The number of likely N-dealkylation sites (N-methyl/N-ethyl adjacent to an activating group) is 1. The van der Waals surface area contributed by atoms with Gasteiger partial charge in [0.25, 0.3) is 5.89 Å². The van der Waals surface area contributed by atoms with E-state index in [0.29, 0.717) is 11.7 Å². The van der Waals surface area contributed by atoms with Crippen LogP contribution in [0.1, 0.15) is 6.42 Å². The standard InChI is InChI=1S/C17H19N5OS/c1-21-7-3-8-22(10-9-21)15-6-5-13(12-18-15)16-19-17(23-20-16)14-4-2-11-24-14/h2,4-6,11-12H,3,7-10H2,1H3. The van der Waals surface area contributed by atoms with Gasteiger partial charge in [-0.1, -0.05) is 11.2 Å². The second-order valence-electron chi connectivity index (χ2n) is 5.95. The minimum Gasteiger partial charge on any atom is -0.355 e. The van der Waals surface area contributed by atoms with Gasteiger partial charge in [0.2, 0.25) is 5.82 Å². The smallest absolute Gasteiger partial charge is 0.268 e. The molecule has 4 rings (SSSR count). The third kappa shape index (κ3) is 3.18. The lowest BCUT2D eigenvalue weighted by molar-refractivity contribution is 0.360. The van der Waals surface area contributed by atoms with E-state index in [1.807, 2.05) is 35.8 Å². The van der Waals surface area contributed by atoms with Gasteiger partial charge in [0.15, 0.2) is 0 Å². The number of thiophene rings is 1. The molecule has 0 N–H and O–H groups in total. The number of anilines is 1. The molecular formula is C17H19N5OS. The molecule has 0 atom stereocenters. The molecule has 1 fully saturated rings. The third-order valence-corrected chi connectivity index (χ3v) is 5.07. The molecule has 0 bridgehead atoms. The van der Waals surface area contributed by atoms with E-state index < -0.39 is 0 Å². The molecule has 24 heavy (non-hydrogen) atoms. The number of pyridine rings is 1. The van der Waals surface area contributed by atoms with E-state index in [1.165, 1.54) is 0 Å². The molecule has 7 heteroatoms. The highest BCUT2D eigenvalue weighted by Crippen LogP contribution is 2.26. The zero-order chi connectivity index (χ0) is 16.4. The number of rotatable bonds is 3. The molecule has 6 nitrogen and oxygen atoms in total. The maximum absolute atomic E-state index is 5.34. The van der Waals surface area contributed by atoms with Crippen LogP contribution in [0.3, 0.4) is 0 Å². The highest BCUT2D eigenvalue weighted by molar-refractivity contribution is 7.13. The van der Waals surface area contributed by atoms with Gasteiger partial charge in [-0.15, -0.1) is 11.3 Å². The molecule has 1 saturated heterocycles. The summed E-state index contributed by atoms with van der Waals surface area (Å²) in [7, 11) is 2.17. The van der Waals surface area contributed by atoms with Gasteiger partial charge in [0.05, 0.1) is 4.88 Å². The van der Waals surface area contributed by atoms with Crippen LogP contribution >= 0.6 is 11.3 Å². The van der Waals surface area contributed by atoms with Crippen molar-refractivity contribution in [3.63, 3.8) is 0 Å². The number of nitrogens with zero attached hydrogens (tertiary/aromatic N) is 5. The first-order chi connectivity index (χ1) is 11.8. The topological polar surface area (TPSA) is 58.3 Å². The molecule has 3 aromatic rings. The first-order valence-corrected chi connectivity index (χ1v) is 8.95. The summed E-state index contributed by atoms with van der Waals surface area (Å²) < 4.78 is 5.34. The molecular weight excluding hydrogens is 322 g/mol. The predicted octanol–water partition coefficient (Wildman–Crippen LogP) is 3.00. The number of hydrogen-bond acceptors (Lipinski definition) is 7.